The van der Waals surface area contributed by atoms with Crippen LogP contribution in [0.25, 0.3) is 17.4 Å². The molecule has 0 spiro atoms. The number of furan rings is 1. The topological polar surface area (TPSA) is 89.0 Å². The number of amidine groups is 1. The third-order valence-corrected chi connectivity index (χ3v) is 7.09. The van der Waals surface area contributed by atoms with Crippen LogP contribution in [-0.4, -0.2) is 16.0 Å². The fraction of sp³-hybridized carbons (Fsp3) is 0.0714. The minimum Gasteiger partial charge on any atom is -0.457 e. The number of thioether (sulfide) groups is 1. The van der Waals surface area contributed by atoms with Crippen LogP contribution in [0.3, 0.4) is 0 Å². The van der Waals surface area contributed by atoms with Crippen LogP contribution in [0.15, 0.2) is 93.2 Å². The number of anilines is 1. The molecular formula is C28H20ClN3O4S. The smallest absolute Gasteiger partial charge is 0.271 e. The Labute approximate surface area is 222 Å². The SMILES string of the molecule is Cc1cccc(C)c1N=C1S/C(=C\c2ccc(-c3cc([N+](=O)[O-])ccc3Cl)o2)C(=O)N1c1ccccc1. The molecule has 1 aliphatic rings. The quantitative estimate of drug-likeness (QED) is 0.149. The lowest BCUT2D eigenvalue weighted by Crippen LogP contribution is -2.28. The van der Waals surface area contributed by atoms with Crippen molar-refractivity contribution in [2.45, 2.75) is 13.8 Å². The number of aliphatic imine (C=N–C) groups is 1. The van der Waals surface area contributed by atoms with Gasteiger partial charge in [-0.05, 0) is 67.1 Å². The molecule has 37 heavy (non-hydrogen) atoms. The highest BCUT2D eigenvalue weighted by Gasteiger charge is 2.35. The van der Waals surface area contributed by atoms with Gasteiger partial charge in [0.05, 0.1) is 26.2 Å². The van der Waals surface area contributed by atoms with Gasteiger partial charge in [-0.15, -0.1) is 0 Å². The van der Waals surface area contributed by atoms with Crippen LogP contribution < -0.4 is 4.90 Å². The molecule has 3 aromatic carbocycles. The molecule has 0 saturated carbocycles. The molecule has 4 aromatic rings. The standard InChI is InChI=1S/C28H20ClN3O4S/c1-17-7-6-8-18(2)26(17)30-28-31(19-9-4-3-5-10-19)27(33)25(37-28)16-21-12-14-24(36-21)22-15-20(32(34)35)11-13-23(22)29/h3-16H,1-2H3/b25-16-,30-28?. The van der Waals surface area contributed by atoms with Crippen LogP contribution in [-0.2, 0) is 4.79 Å². The zero-order valence-electron chi connectivity index (χ0n) is 19.8. The van der Waals surface area contributed by atoms with Gasteiger partial charge in [-0.2, -0.15) is 0 Å². The summed E-state index contributed by atoms with van der Waals surface area (Å²) in [5.41, 5.74) is 3.85. The first kappa shape index (κ1) is 24.5. The number of hydrogen-bond acceptors (Lipinski definition) is 6. The molecule has 1 amide bonds. The summed E-state index contributed by atoms with van der Waals surface area (Å²) in [6.07, 6.45) is 1.64. The van der Waals surface area contributed by atoms with Gasteiger partial charge >= 0.3 is 0 Å². The first-order chi connectivity index (χ1) is 17.8. The average molecular weight is 530 g/mol. The molecule has 0 atom stereocenters. The van der Waals surface area contributed by atoms with E-state index in [1.165, 1.54) is 30.0 Å². The highest BCUT2D eigenvalue weighted by atomic mass is 35.5. The van der Waals surface area contributed by atoms with Crippen LogP contribution in [0.5, 0.6) is 0 Å². The molecule has 0 radical (unpaired) electrons. The number of carbonyl (C=O) groups is 1. The van der Waals surface area contributed by atoms with E-state index >= 15 is 0 Å². The number of rotatable bonds is 5. The molecule has 0 bridgehead atoms. The van der Waals surface area contributed by atoms with Crippen molar-refractivity contribution in [1.82, 2.24) is 0 Å². The Bertz CT molecular complexity index is 1570. The van der Waals surface area contributed by atoms with Gasteiger partial charge in [0.25, 0.3) is 11.6 Å². The third kappa shape index (κ3) is 4.94. The summed E-state index contributed by atoms with van der Waals surface area (Å²) < 4.78 is 5.92. The Kier molecular flexibility index (Phi) is 6.69. The number of aryl methyl sites for hydroxylation is 2. The molecule has 0 unspecified atom stereocenters. The summed E-state index contributed by atoms with van der Waals surface area (Å²) in [6.45, 7) is 3.97. The Morgan fingerprint density at radius 2 is 1.73 bits per heavy atom. The van der Waals surface area contributed by atoms with E-state index < -0.39 is 4.92 Å². The first-order valence-corrected chi connectivity index (χ1v) is 12.5. The number of benzene rings is 3. The molecule has 1 aromatic heterocycles. The molecule has 1 aliphatic heterocycles. The van der Waals surface area contributed by atoms with E-state index in [0.29, 0.717) is 37.9 Å². The minimum atomic E-state index is -0.491. The second-order valence-corrected chi connectivity index (χ2v) is 9.76. The van der Waals surface area contributed by atoms with Crippen molar-refractivity contribution in [1.29, 1.82) is 0 Å². The zero-order valence-corrected chi connectivity index (χ0v) is 21.4. The number of non-ortho nitro benzene ring substituents is 1. The minimum absolute atomic E-state index is 0.0944. The first-order valence-electron chi connectivity index (χ1n) is 11.3. The fourth-order valence-corrected chi connectivity index (χ4v) is 5.13. The number of halogens is 1. The van der Waals surface area contributed by atoms with E-state index in [1.54, 1.807) is 23.1 Å². The van der Waals surface area contributed by atoms with Crippen molar-refractivity contribution in [3.8, 4) is 11.3 Å². The highest BCUT2D eigenvalue weighted by molar-refractivity contribution is 8.19. The lowest BCUT2D eigenvalue weighted by Gasteiger charge is -2.16. The van der Waals surface area contributed by atoms with E-state index in [2.05, 4.69) is 0 Å². The molecular weight excluding hydrogens is 510 g/mol. The van der Waals surface area contributed by atoms with Crippen molar-refractivity contribution >= 4 is 57.6 Å². The van der Waals surface area contributed by atoms with Gasteiger partial charge in [0.1, 0.15) is 11.5 Å². The molecule has 1 fully saturated rings. The van der Waals surface area contributed by atoms with E-state index in [9.17, 15) is 14.9 Å². The van der Waals surface area contributed by atoms with Gasteiger partial charge in [0, 0.05) is 23.8 Å². The number of nitro groups is 1. The molecule has 2 heterocycles. The van der Waals surface area contributed by atoms with Crippen molar-refractivity contribution in [3.63, 3.8) is 0 Å². The normalized spacial score (nSPS) is 15.6. The number of carbonyl (C=O) groups excluding carboxylic acids is 1. The largest absolute Gasteiger partial charge is 0.457 e. The van der Waals surface area contributed by atoms with E-state index in [1.807, 2.05) is 62.4 Å². The molecule has 0 N–H and O–H groups in total. The van der Waals surface area contributed by atoms with Gasteiger partial charge in [0.15, 0.2) is 5.17 Å². The predicted octanol–water partition coefficient (Wildman–Crippen LogP) is 7.93. The Morgan fingerprint density at radius 3 is 2.43 bits per heavy atom. The number of para-hydroxylation sites is 2. The van der Waals surface area contributed by atoms with Crippen LogP contribution in [0, 0.1) is 24.0 Å². The number of amides is 1. The van der Waals surface area contributed by atoms with Gasteiger partial charge in [0.2, 0.25) is 0 Å². The number of nitro benzene ring substituents is 1. The van der Waals surface area contributed by atoms with Gasteiger partial charge in [-0.1, -0.05) is 48.0 Å². The zero-order chi connectivity index (χ0) is 26.1. The maximum Gasteiger partial charge on any atom is 0.271 e. The van der Waals surface area contributed by atoms with Crippen molar-refractivity contribution in [2.24, 2.45) is 4.99 Å². The maximum absolute atomic E-state index is 13.5. The third-order valence-electron chi connectivity index (χ3n) is 5.79. The van der Waals surface area contributed by atoms with Gasteiger partial charge in [-0.3, -0.25) is 19.8 Å². The predicted molar refractivity (Wildman–Crippen MR) is 148 cm³/mol. The highest BCUT2D eigenvalue weighted by Crippen LogP contribution is 2.39. The summed E-state index contributed by atoms with van der Waals surface area (Å²) >= 11 is 7.52. The maximum atomic E-state index is 13.5. The van der Waals surface area contributed by atoms with Crippen molar-refractivity contribution < 1.29 is 14.1 Å². The van der Waals surface area contributed by atoms with Crippen molar-refractivity contribution in [2.75, 3.05) is 4.90 Å². The summed E-state index contributed by atoms with van der Waals surface area (Å²) in [6, 6.07) is 22.8. The lowest BCUT2D eigenvalue weighted by atomic mass is 10.1. The fourth-order valence-electron chi connectivity index (χ4n) is 3.95. The number of nitrogens with zero attached hydrogens (tertiary/aromatic N) is 3. The molecule has 7 nitrogen and oxygen atoms in total. The Hall–Kier alpha value is -4.14. The average Bonchev–Trinajstić information content (AvgIpc) is 3.46. The molecule has 5 rings (SSSR count). The Morgan fingerprint density at radius 1 is 1.00 bits per heavy atom. The molecule has 184 valence electrons. The van der Waals surface area contributed by atoms with E-state index in [4.69, 9.17) is 21.0 Å². The molecule has 0 aliphatic carbocycles. The van der Waals surface area contributed by atoms with E-state index in [0.717, 1.165) is 16.8 Å². The molecule has 9 heteroatoms. The van der Waals surface area contributed by atoms with Crippen LogP contribution in [0.1, 0.15) is 16.9 Å². The second-order valence-electron chi connectivity index (χ2n) is 8.34. The summed E-state index contributed by atoms with van der Waals surface area (Å²) in [5, 5.41) is 12.0. The summed E-state index contributed by atoms with van der Waals surface area (Å²) in [4.78, 5) is 31.1. The molecule has 1 saturated heterocycles. The summed E-state index contributed by atoms with van der Waals surface area (Å²) in [7, 11) is 0. The van der Waals surface area contributed by atoms with Gasteiger partial charge < -0.3 is 4.42 Å². The van der Waals surface area contributed by atoms with Crippen LogP contribution in [0.2, 0.25) is 5.02 Å². The summed E-state index contributed by atoms with van der Waals surface area (Å²) in [5.74, 6) is 0.544. The van der Waals surface area contributed by atoms with Crippen LogP contribution in [0.4, 0.5) is 17.1 Å². The van der Waals surface area contributed by atoms with Gasteiger partial charge in [-0.25, -0.2) is 4.99 Å². The van der Waals surface area contributed by atoms with Crippen LogP contribution >= 0.6 is 23.4 Å². The number of hydrogen-bond donors (Lipinski definition) is 0. The monoisotopic (exact) mass is 529 g/mol. The van der Waals surface area contributed by atoms with Crippen molar-refractivity contribution in [3.05, 3.63) is 116 Å². The second kappa shape index (κ2) is 10.1. The van der Waals surface area contributed by atoms with E-state index in [-0.39, 0.29) is 11.6 Å². The lowest BCUT2D eigenvalue weighted by molar-refractivity contribution is -0.384. The Balaban J connectivity index is 1.54.